The van der Waals surface area contributed by atoms with Gasteiger partial charge in [-0.15, -0.1) is 0 Å². The average Bonchev–Trinajstić information content (AvgIpc) is 2.48. The molecule has 116 valence electrons. The van der Waals surface area contributed by atoms with Crippen LogP contribution in [0.25, 0.3) is 0 Å². The van der Waals surface area contributed by atoms with Gasteiger partial charge in [0, 0.05) is 10.6 Å². The van der Waals surface area contributed by atoms with E-state index in [-0.39, 0.29) is 6.61 Å². The van der Waals surface area contributed by atoms with Crippen LogP contribution < -0.4 is 10.1 Å². The van der Waals surface area contributed by atoms with Crippen molar-refractivity contribution >= 4 is 35.0 Å². The molecule has 0 aromatic heterocycles. The van der Waals surface area contributed by atoms with E-state index in [9.17, 15) is 4.79 Å². The smallest absolute Gasteiger partial charge is 0.411 e. The number of nitrogens with one attached hydrogen (secondary N) is 1. The Bertz CT molecular complexity index is 689. The predicted molar refractivity (Wildman–Crippen MR) is 88.0 cm³/mol. The van der Waals surface area contributed by atoms with Crippen LogP contribution in [-0.2, 0) is 11.3 Å². The van der Waals surface area contributed by atoms with Gasteiger partial charge in [0.05, 0.1) is 17.8 Å². The van der Waals surface area contributed by atoms with Crippen LogP contribution in [0, 0.1) is 6.92 Å². The number of amides is 1. The van der Waals surface area contributed by atoms with Crippen molar-refractivity contribution in [2.45, 2.75) is 13.5 Å². The summed E-state index contributed by atoms with van der Waals surface area (Å²) in [7, 11) is 1.29. The third kappa shape index (κ3) is 4.06. The summed E-state index contributed by atoms with van der Waals surface area (Å²) < 4.78 is 10.3. The summed E-state index contributed by atoms with van der Waals surface area (Å²) >= 11 is 12.3. The lowest BCUT2D eigenvalue weighted by atomic mass is 10.2. The highest BCUT2D eigenvalue weighted by molar-refractivity contribution is 6.32. The zero-order chi connectivity index (χ0) is 16.1. The third-order valence-corrected chi connectivity index (χ3v) is 3.65. The molecule has 2 aromatic carbocycles. The number of carbonyl (C=O) groups excluding carboxylic acids is 1. The Morgan fingerprint density at radius 1 is 1.18 bits per heavy atom. The van der Waals surface area contributed by atoms with Gasteiger partial charge in [-0.05, 0) is 36.8 Å². The molecule has 0 radical (unpaired) electrons. The number of aryl methyl sites for hydroxylation is 1. The molecule has 0 aliphatic rings. The molecule has 0 heterocycles. The molecule has 6 heteroatoms. The van der Waals surface area contributed by atoms with E-state index >= 15 is 0 Å². The van der Waals surface area contributed by atoms with Gasteiger partial charge in [0.2, 0.25) is 0 Å². The second kappa shape index (κ2) is 7.38. The van der Waals surface area contributed by atoms with Crippen molar-refractivity contribution in [2.24, 2.45) is 0 Å². The van der Waals surface area contributed by atoms with Crippen molar-refractivity contribution < 1.29 is 14.3 Å². The highest BCUT2D eigenvalue weighted by Gasteiger charge is 2.12. The SMILES string of the molecule is COC(=O)Nc1cccc(Cl)c1COc1ccc(C)cc1Cl. The van der Waals surface area contributed by atoms with Crippen molar-refractivity contribution in [3.05, 3.63) is 57.6 Å². The van der Waals surface area contributed by atoms with Gasteiger partial charge in [-0.3, -0.25) is 5.32 Å². The summed E-state index contributed by atoms with van der Waals surface area (Å²) in [5, 5.41) is 3.61. The van der Waals surface area contributed by atoms with Crippen LogP contribution in [0.1, 0.15) is 11.1 Å². The first-order valence-corrected chi connectivity index (χ1v) is 7.28. The minimum Gasteiger partial charge on any atom is -0.487 e. The molecule has 1 amide bonds. The predicted octanol–water partition coefficient (Wildman–Crippen LogP) is 5.06. The molecule has 1 N–H and O–H groups in total. The summed E-state index contributed by atoms with van der Waals surface area (Å²) in [5.41, 5.74) is 2.22. The molecule has 0 spiro atoms. The van der Waals surface area contributed by atoms with Crippen molar-refractivity contribution in [3.63, 3.8) is 0 Å². The molecule has 0 bridgehead atoms. The van der Waals surface area contributed by atoms with Gasteiger partial charge in [-0.25, -0.2) is 4.79 Å². The number of carbonyl (C=O) groups is 1. The molecule has 4 nitrogen and oxygen atoms in total. The summed E-state index contributed by atoms with van der Waals surface area (Å²) in [4.78, 5) is 11.4. The standard InChI is InChI=1S/C16H15Cl2NO3/c1-10-6-7-15(13(18)8-10)22-9-11-12(17)4-3-5-14(11)19-16(20)21-2/h3-8H,9H2,1-2H3,(H,19,20). The van der Waals surface area contributed by atoms with Crippen molar-refractivity contribution in [2.75, 3.05) is 12.4 Å². The lowest BCUT2D eigenvalue weighted by molar-refractivity contribution is 0.187. The van der Waals surface area contributed by atoms with Crippen molar-refractivity contribution in [3.8, 4) is 5.75 Å². The van der Waals surface area contributed by atoms with Gasteiger partial charge in [0.25, 0.3) is 0 Å². The Balaban J connectivity index is 2.19. The summed E-state index contributed by atoms with van der Waals surface area (Å²) in [5.74, 6) is 0.552. The molecule has 2 rings (SSSR count). The number of anilines is 1. The first-order valence-electron chi connectivity index (χ1n) is 6.52. The average molecular weight is 340 g/mol. The number of rotatable bonds is 4. The Labute approximate surface area is 138 Å². The molecule has 0 fully saturated rings. The van der Waals surface area contributed by atoms with Crippen LogP contribution in [-0.4, -0.2) is 13.2 Å². The monoisotopic (exact) mass is 339 g/mol. The molecule has 0 saturated heterocycles. The summed E-state index contributed by atoms with van der Waals surface area (Å²) in [6.07, 6.45) is -0.572. The van der Waals surface area contributed by atoms with Crippen LogP contribution in [0.5, 0.6) is 5.75 Å². The van der Waals surface area contributed by atoms with Gasteiger partial charge in [0.15, 0.2) is 0 Å². The molecule has 0 aliphatic heterocycles. The second-order valence-corrected chi connectivity index (χ2v) is 5.42. The highest BCUT2D eigenvalue weighted by atomic mass is 35.5. The fraction of sp³-hybridized carbons (Fsp3) is 0.188. The van der Waals surface area contributed by atoms with Crippen LogP contribution in [0.4, 0.5) is 10.5 Å². The van der Waals surface area contributed by atoms with Gasteiger partial charge in [0.1, 0.15) is 12.4 Å². The van der Waals surface area contributed by atoms with E-state index in [0.717, 1.165) is 5.56 Å². The van der Waals surface area contributed by atoms with Gasteiger partial charge < -0.3 is 9.47 Å². The van der Waals surface area contributed by atoms with Gasteiger partial charge in [-0.2, -0.15) is 0 Å². The Hall–Kier alpha value is -1.91. The maximum absolute atomic E-state index is 11.4. The topological polar surface area (TPSA) is 47.6 Å². The van der Waals surface area contributed by atoms with Crippen LogP contribution in [0.2, 0.25) is 10.0 Å². The maximum Gasteiger partial charge on any atom is 0.411 e. The summed E-state index contributed by atoms with van der Waals surface area (Å²) in [6.45, 7) is 2.11. The second-order valence-electron chi connectivity index (χ2n) is 4.61. The number of hydrogen-bond acceptors (Lipinski definition) is 3. The molecule has 0 saturated carbocycles. The van der Waals surface area contributed by atoms with Crippen molar-refractivity contribution in [1.29, 1.82) is 0 Å². The van der Waals surface area contributed by atoms with E-state index in [4.69, 9.17) is 27.9 Å². The molecular weight excluding hydrogens is 325 g/mol. The molecule has 2 aromatic rings. The number of halogens is 2. The van der Waals surface area contributed by atoms with E-state index in [0.29, 0.717) is 27.0 Å². The number of hydrogen-bond donors (Lipinski definition) is 1. The zero-order valence-corrected chi connectivity index (χ0v) is 13.7. The van der Waals surface area contributed by atoms with E-state index < -0.39 is 6.09 Å². The fourth-order valence-electron chi connectivity index (χ4n) is 1.86. The van der Waals surface area contributed by atoms with E-state index in [1.165, 1.54) is 7.11 Å². The van der Waals surface area contributed by atoms with Crippen molar-refractivity contribution in [1.82, 2.24) is 0 Å². The minimum atomic E-state index is -0.572. The van der Waals surface area contributed by atoms with E-state index in [1.54, 1.807) is 24.3 Å². The Morgan fingerprint density at radius 3 is 2.64 bits per heavy atom. The fourth-order valence-corrected chi connectivity index (χ4v) is 2.38. The lowest BCUT2D eigenvalue weighted by Crippen LogP contribution is -2.13. The van der Waals surface area contributed by atoms with Crippen LogP contribution >= 0.6 is 23.2 Å². The van der Waals surface area contributed by atoms with E-state index in [2.05, 4.69) is 10.1 Å². The summed E-state index contributed by atoms with van der Waals surface area (Å²) in [6, 6.07) is 10.7. The first-order chi connectivity index (χ1) is 10.5. The van der Waals surface area contributed by atoms with E-state index in [1.807, 2.05) is 19.1 Å². The third-order valence-electron chi connectivity index (χ3n) is 3.00. The van der Waals surface area contributed by atoms with Gasteiger partial charge >= 0.3 is 6.09 Å². The Morgan fingerprint density at radius 2 is 1.95 bits per heavy atom. The molecule has 0 unspecified atom stereocenters. The number of ether oxygens (including phenoxy) is 2. The zero-order valence-electron chi connectivity index (χ0n) is 12.2. The normalized spacial score (nSPS) is 10.2. The molecule has 0 atom stereocenters. The van der Waals surface area contributed by atoms with Gasteiger partial charge in [-0.1, -0.05) is 35.3 Å². The first kappa shape index (κ1) is 16.5. The molecule has 0 aliphatic carbocycles. The lowest BCUT2D eigenvalue weighted by Gasteiger charge is -2.14. The number of benzene rings is 2. The molecule has 22 heavy (non-hydrogen) atoms. The quantitative estimate of drug-likeness (QED) is 0.846. The highest BCUT2D eigenvalue weighted by Crippen LogP contribution is 2.29. The minimum absolute atomic E-state index is 0.168. The Kier molecular flexibility index (Phi) is 5.52. The van der Waals surface area contributed by atoms with Crippen LogP contribution in [0.15, 0.2) is 36.4 Å². The largest absolute Gasteiger partial charge is 0.487 e. The van der Waals surface area contributed by atoms with Crippen LogP contribution in [0.3, 0.4) is 0 Å². The maximum atomic E-state index is 11.4. The number of methoxy groups -OCH3 is 1. The molecular formula is C16H15Cl2NO3.